The number of aromatic nitrogens is 4. The van der Waals surface area contributed by atoms with E-state index in [0.717, 1.165) is 36.8 Å². The first-order valence-corrected chi connectivity index (χ1v) is 9.94. The van der Waals surface area contributed by atoms with Crippen LogP contribution in [-0.2, 0) is 4.74 Å². The first-order valence-electron chi connectivity index (χ1n) is 9.94. The van der Waals surface area contributed by atoms with Gasteiger partial charge in [0.25, 0.3) is 5.56 Å². The predicted octanol–water partition coefficient (Wildman–Crippen LogP) is 3.13. The van der Waals surface area contributed by atoms with Gasteiger partial charge in [0.1, 0.15) is 11.6 Å². The van der Waals surface area contributed by atoms with Gasteiger partial charge in [-0.25, -0.2) is 9.97 Å². The van der Waals surface area contributed by atoms with Gasteiger partial charge in [0.2, 0.25) is 5.95 Å². The van der Waals surface area contributed by atoms with Crippen LogP contribution in [0.5, 0.6) is 0 Å². The molecule has 0 unspecified atom stereocenters. The van der Waals surface area contributed by atoms with Gasteiger partial charge in [-0.1, -0.05) is 0 Å². The minimum absolute atomic E-state index is 0.0200. The zero-order chi connectivity index (χ0) is 20.4. The molecule has 0 atom stereocenters. The number of nitrogens with one attached hydrogen (secondary N) is 1. The highest BCUT2D eigenvalue weighted by molar-refractivity contribution is 5.81. The Hall–Kier alpha value is -3.00. The molecule has 1 aliphatic heterocycles. The highest BCUT2D eigenvalue weighted by Gasteiger charge is 2.20. The van der Waals surface area contributed by atoms with Gasteiger partial charge in [0, 0.05) is 56.2 Å². The number of hydrogen-bond acceptors (Lipinski definition) is 7. The summed E-state index contributed by atoms with van der Waals surface area (Å²) in [4.78, 5) is 28.0. The Bertz CT molecular complexity index is 1060. The van der Waals surface area contributed by atoms with Crippen LogP contribution in [0.15, 0.2) is 41.5 Å². The third kappa shape index (κ3) is 4.07. The van der Waals surface area contributed by atoms with Crippen molar-refractivity contribution in [2.24, 2.45) is 0 Å². The lowest BCUT2D eigenvalue weighted by molar-refractivity contribution is 0.0816. The van der Waals surface area contributed by atoms with Crippen LogP contribution in [0.2, 0.25) is 0 Å². The average molecular weight is 394 g/mol. The summed E-state index contributed by atoms with van der Waals surface area (Å²) in [7, 11) is 1.76. The second-order valence-corrected chi connectivity index (χ2v) is 7.55. The van der Waals surface area contributed by atoms with Gasteiger partial charge < -0.3 is 19.5 Å². The Balaban J connectivity index is 1.59. The number of hydrogen-bond donors (Lipinski definition) is 1. The zero-order valence-electron chi connectivity index (χ0n) is 17.0. The number of ether oxygens (including phenoxy) is 1. The molecule has 0 spiro atoms. The molecule has 152 valence electrons. The topological polar surface area (TPSA) is 85.2 Å². The predicted molar refractivity (Wildman–Crippen MR) is 114 cm³/mol. The minimum atomic E-state index is -0.0200. The Morgan fingerprint density at radius 3 is 2.66 bits per heavy atom. The summed E-state index contributed by atoms with van der Waals surface area (Å²) in [5.74, 6) is 2.01. The third-order valence-electron chi connectivity index (χ3n) is 5.29. The quantitative estimate of drug-likeness (QED) is 0.711. The van der Waals surface area contributed by atoms with Crippen molar-refractivity contribution >= 4 is 28.5 Å². The van der Waals surface area contributed by atoms with Gasteiger partial charge in [-0.05, 0) is 38.8 Å². The molecule has 0 aliphatic carbocycles. The Labute approximate surface area is 169 Å². The van der Waals surface area contributed by atoms with Gasteiger partial charge in [-0.15, -0.1) is 0 Å². The van der Waals surface area contributed by atoms with Crippen molar-refractivity contribution in [1.82, 2.24) is 19.5 Å². The number of methoxy groups -OCH3 is 1. The summed E-state index contributed by atoms with van der Waals surface area (Å²) < 4.78 is 7.21. The normalized spacial score (nSPS) is 15.2. The average Bonchev–Trinajstić information content (AvgIpc) is 2.73. The van der Waals surface area contributed by atoms with Crippen LogP contribution in [0.4, 0.5) is 17.6 Å². The summed E-state index contributed by atoms with van der Waals surface area (Å²) in [5, 5.41) is 4.18. The summed E-state index contributed by atoms with van der Waals surface area (Å²) >= 11 is 0. The second-order valence-electron chi connectivity index (χ2n) is 7.55. The van der Waals surface area contributed by atoms with Crippen LogP contribution < -0.4 is 15.8 Å². The molecule has 29 heavy (non-hydrogen) atoms. The molecule has 1 fully saturated rings. The molecule has 1 aliphatic rings. The maximum absolute atomic E-state index is 12.3. The van der Waals surface area contributed by atoms with Gasteiger partial charge in [0.15, 0.2) is 0 Å². The molecule has 8 heteroatoms. The molecular formula is C21H26N6O2. The van der Waals surface area contributed by atoms with Gasteiger partial charge >= 0.3 is 0 Å². The van der Waals surface area contributed by atoms with E-state index in [9.17, 15) is 4.79 Å². The van der Waals surface area contributed by atoms with E-state index in [1.165, 1.54) is 0 Å². The first-order chi connectivity index (χ1) is 14.0. The highest BCUT2D eigenvalue weighted by Crippen LogP contribution is 2.22. The molecular weight excluding hydrogens is 368 g/mol. The van der Waals surface area contributed by atoms with Crippen LogP contribution in [0.25, 0.3) is 10.9 Å². The molecule has 3 aromatic heterocycles. The monoisotopic (exact) mass is 394 g/mol. The fraction of sp³-hybridized carbons (Fsp3) is 0.429. The van der Waals surface area contributed by atoms with Gasteiger partial charge in [0.05, 0.1) is 11.6 Å². The standard InChI is InChI=1S/C21H26N6O2/c1-14(2)27-17-12-19(23-13-15(17)4-5-20(27)28)24-18-6-9-22-21(25-18)26-10-7-16(29-3)8-11-26/h4-6,9,12-14,16H,7-8,10-11H2,1-3H3,(H,22,23,24,25). The van der Waals surface area contributed by atoms with Gasteiger partial charge in [-0.2, -0.15) is 4.98 Å². The van der Waals surface area contributed by atoms with E-state index < -0.39 is 0 Å². The Morgan fingerprint density at radius 2 is 1.93 bits per heavy atom. The van der Waals surface area contributed by atoms with Crippen LogP contribution in [0.1, 0.15) is 32.7 Å². The largest absolute Gasteiger partial charge is 0.381 e. The van der Waals surface area contributed by atoms with E-state index in [4.69, 9.17) is 4.74 Å². The van der Waals surface area contributed by atoms with E-state index in [0.29, 0.717) is 23.7 Å². The second kappa shape index (κ2) is 8.16. The smallest absolute Gasteiger partial charge is 0.251 e. The Morgan fingerprint density at radius 1 is 1.14 bits per heavy atom. The summed E-state index contributed by atoms with van der Waals surface area (Å²) in [6.07, 6.45) is 5.77. The molecule has 0 bridgehead atoms. The molecule has 0 aromatic carbocycles. The SMILES string of the molecule is COC1CCN(c2nccc(Nc3cc4c(ccc(=O)n4C(C)C)cn3)n2)CC1. The number of piperidine rings is 1. The summed E-state index contributed by atoms with van der Waals surface area (Å²) in [6.45, 7) is 5.74. The van der Waals surface area contributed by atoms with Crippen molar-refractivity contribution in [3.05, 3.63) is 47.0 Å². The van der Waals surface area contributed by atoms with Crippen molar-refractivity contribution in [2.75, 3.05) is 30.4 Å². The number of nitrogens with zero attached hydrogens (tertiary/aromatic N) is 5. The van der Waals surface area contributed by atoms with E-state index in [1.807, 2.05) is 26.0 Å². The molecule has 0 amide bonds. The van der Waals surface area contributed by atoms with E-state index >= 15 is 0 Å². The van der Waals surface area contributed by atoms with E-state index in [1.54, 1.807) is 36.2 Å². The molecule has 3 aromatic rings. The Kier molecular flexibility index (Phi) is 5.44. The summed E-state index contributed by atoms with van der Waals surface area (Å²) in [5.41, 5.74) is 0.828. The van der Waals surface area contributed by atoms with Crippen molar-refractivity contribution in [3.8, 4) is 0 Å². The van der Waals surface area contributed by atoms with Crippen molar-refractivity contribution < 1.29 is 4.74 Å². The first kappa shape index (κ1) is 19.3. The molecule has 8 nitrogen and oxygen atoms in total. The number of fused-ring (bicyclic) bond motifs is 1. The molecule has 0 saturated carbocycles. The van der Waals surface area contributed by atoms with Crippen molar-refractivity contribution in [3.63, 3.8) is 0 Å². The molecule has 4 heterocycles. The van der Waals surface area contributed by atoms with Crippen LogP contribution >= 0.6 is 0 Å². The van der Waals surface area contributed by atoms with Crippen molar-refractivity contribution in [2.45, 2.75) is 38.8 Å². The van der Waals surface area contributed by atoms with Crippen LogP contribution in [-0.4, -0.2) is 45.8 Å². The molecule has 0 radical (unpaired) electrons. The van der Waals surface area contributed by atoms with E-state index in [2.05, 4.69) is 25.2 Å². The fourth-order valence-corrected chi connectivity index (χ4v) is 3.75. The number of rotatable bonds is 5. The lowest BCUT2D eigenvalue weighted by atomic mass is 10.1. The molecule has 4 rings (SSSR count). The molecule has 1 N–H and O–H groups in total. The summed E-state index contributed by atoms with van der Waals surface area (Å²) in [6, 6.07) is 7.16. The fourth-order valence-electron chi connectivity index (χ4n) is 3.75. The highest BCUT2D eigenvalue weighted by atomic mass is 16.5. The number of pyridine rings is 2. The molecule has 1 saturated heterocycles. The third-order valence-corrected chi connectivity index (χ3v) is 5.29. The lowest BCUT2D eigenvalue weighted by Crippen LogP contribution is -2.37. The van der Waals surface area contributed by atoms with E-state index in [-0.39, 0.29) is 11.6 Å². The lowest BCUT2D eigenvalue weighted by Gasteiger charge is -2.31. The maximum atomic E-state index is 12.3. The van der Waals surface area contributed by atoms with Gasteiger partial charge in [-0.3, -0.25) is 4.79 Å². The van der Waals surface area contributed by atoms with Crippen LogP contribution in [0, 0.1) is 0 Å². The number of anilines is 3. The minimum Gasteiger partial charge on any atom is -0.381 e. The van der Waals surface area contributed by atoms with Crippen molar-refractivity contribution in [1.29, 1.82) is 0 Å². The maximum Gasteiger partial charge on any atom is 0.251 e. The zero-order valence-corrected chi connectivity index (χ0v) is 17.0. The van der Waals surface area contributed by atoms with Crippen LogP contribution in [0.3, 0.4) is 0 Å².